The van der Waals surface area contributed by atoms with Crippen molar-refractivity contribution in [3.05, 3.63) is 0 Å². The Balaban J connectivity index is 1.78. The minimum atomic E-state index is -0.403. The first-order valence-electron chi connectivity index (χ1n) is 9.70. The number of amides is 1. The van der Waals surface area contributed by atoms with Crippen LogP contribution in [-0.4, -0.2) is 24.5 Å². The summed E-state index contributed by atoms with van der Waals surface area (Å²) >= 11 is 0. The third-order valence-corrected chi connectivity index (χ3v) is 4.52. The molecule has 4 nitrogen and oxygen atoms in total. The third-order valence-electron chi connectivity index (χ3n) is 4.52. The van der Waals surface area contributed by atoms with Crippen LogP contribution in [0.15, 0.2) is 0 Å². The third kappa shape index (κ3) is 10.4. The van der Waals surface area contributed by atoms with E-state index in [0.717, 1.165) is 12.8 Å². The van der Waals surface area contributed by atoms with Crippen molar-refractivity contribution in [2.75, 3.05) is 6.61 Å². The van der Waals surface area contributed by atoms with E-state index in [0.29, 0.717) is 19.4 Å². The molecule has 1 aliphatic rings. The molecular weight excluding hydrogens is 290 g/mol. The van der Waals surface area contributed by atoms with Gasteiger partial charge in [-0.3, -0.25) is 4.79 Å². The molecule has 1 amide bonds. The van der Waals surface area contributed by atoms with Crippen LogP contribution in [0.3, 0.4) is 0 Å². The zero-order chi connectivity index (χ0) is 16.8. The lowest BCUT2D eigenvalue weighted by molar-refractivity contribution is -0.146. The number of hydrogen-bond donors (Lipinski definition) is 1. The van der Waals surface area contributed by atoms with E-state index in [4.69, 9.17) is 4.74 Å². The number of esters is 1. The predicted molar refractivity (Wildman–Crippen MR) is 93.2 cm³/mol. The quantitative estimate of drug-likeness (QED) is 0.377. The summed E-state index contributed by atoms with van der Waals surface area (Å²) in [5.41, 5.74) is 0. The van der Waals surface area contributed by atoms with E-state index in [9.17, 15) is 9.59 Å². The number of carbonyl (C=O) groups excluding carboxylic acids is 2. The normalized spacial score (nSPS) is 17.3. The molecule has 0 aliphatic carbocycles. The molecule has 1 N–H and O–H groups in total. The first-order chi connectivity index (χ1) is 11.2. The number of nitrogens with one attached hydrogen (secondary N) is 1. The molecule has 1 saturated heterocycles. The molecule has 1 fully saturated rings. The minimum absolute atomic E-state index is 0.0442. The lowest BCUT2D eigenvalue weighted by atomic mass is 10.1. The average molecular weight is 325 g/mol. The molecule has 0 aromatic rings. The summed E-state index contributed by atoms with van der Waals surface area (Å²) in [7, 11) is 0. The highest BCUT2D eigenvalue weighted by Gasteiger charge is 2.28. The average Bonchev–Trinajstić information content (AvgIpc) is 2.98. The van der Waals surface area contributed by atoms with E-state index in [-0.39, 0.29) is 11.9 Å². The summed E-state index contributed by atoms with van der Waals surface area (Å²) < 4.78 is 5.21. The molecular formula is C19H35NO3. The van der Waals surface area contributed by atoms with E-state index >= 15 is 0 Å². The number of ether oxygens (including phenoxy) is 1. The van der Waals surface area contributed by atoms with Gasteiger partial charge in [-0.2, -0.15) is 0 Å². The minimum Gasteiger partial charge on any atom is -0.464 e. The number of hydrogen-bond acceptors (Lipinski definition) is 3. The van der Waals surface area contributed by atoms with Gasteiger partial charge in [-0.1, -0.05) is 77.6 Å². The summed E-state index contributed by atoms with van der Waals surface area (Å²) in [5, 5.41) is 2.64. The Bertz CT molecular complexity index is 331. The molecule has 1 aliphatic heterocycles. The summed E-state index contributed by atoms with van der Waals surface area (Å²) in [5.74, 6) is -0.309. The highest BCUT2D eigenvalue weighted by Crippen LogP contribution is 2.12. The van der Waals surface area contributed by atoms with Crippen LogP contribution in [0, 0.1) is 0 Å². The predicted octanol–water partition coefficient (Wildman–Crippen LogP) is 4.51. The Hall–Kier alpha value is -1.06. The van der Waals surface area contributed by atoms with E-state index < -0.39 is 6.04 Å². The monoisotopic (exact) mass is 325 g/mol. The Morgan fingerprint density at radius 1 is 0.957 bits per heavy atom. The van der Waals surface area contributed by atoms with E-state index in [1.807, 2.05) is 0 Å². The molecule has 134 valence electrons. The molecule has 0 unspecified atom stereocenters. The largest absolute Gasteiger partial charge is 0.464 e. The lowest BCUT2D eigenvalue weighted by Crippen LogP contribution is -2.34. The van der Waals surface area contributed by atoms with Gasteiger partial charge in [-0.15, -0.1) is 0 Å². The van der Waals surface area contributed by atoms with Gasteiger partial charge in [0.2, 0.25) is 5.91 Å². The van der Waals surface area contributed by atoms with Gasteiger partial charge in [0.1, 0.15) is 6.04 Å². The van der Waals surface area contributed by atoms with Crippen molar-refractivity contribution in [3.8, 4) is 0 Å². The zero-order valence-electron chi connectivity index (χ0n) is 14.9. The smallest absolute Gasteiger partial charge is 0.328 e. The van der Waals surface area contributed by atoms with Gasteiger partial charge in [0.25, 0.3) is 0 Å². The van der Waals surface area contributed by atoms with Gasteiger partial charge in [0.05, 0.1) is 6.61 Å². The summed E-state index contributed by atoms with van der Waals surface area (Å²) in [6.07, 6.45) is 16.6. The highest BCUT2D eigenvalue weighted by molar-refractivity contribution is 5.87. The van der Waals surface area contributed by atoms with Crippen LogP contribution in [0.25, 0.3) is 0 Å². The highest BCUT2D eigenvalue weighted by atomic mass is 16.5. The fourth-order valence-electron chi connectivity index (χ4n) is 3.01. The lowest BCUT2D eigenvalue weighted by Gasteiger charge is -2.09. The molecule has 1 heterocycles. The van der Waals surface area contributed by atoms with Crippen molar-refractivity contribution in [3.63, 3.8) is 0 Å². The van der Waals surface area contributed by atoms with Crippen LogP contribution < -0.4 is 5.32 Å². The van der Waals surface area contributed by atoms with Crippen LogP contribution in [0.2, 0.25) is 0 Å². The van der Waals surface area contributed by atoms with Gasteiger partial charge in [0, 0.05) is 6.42 Å². The standard InChI is InChI=1S/C19H35NO3/c1-2-3-4-5-6-7-8-9-10-11-12-13-16-23-19(22)17-14-15-18(21)20-17/h17H,2-16H2,1H3,(H,20,21)/t17-/m0/s1. The fraction of sp³-hybridized carbons (Fsp3) is 0.895. The molecule has 0 aromatic heterocycles. The van der Waals surface area contributed by atoms with Crippen molar-refractivity contribution >= 4 is 11.9 Å². The Labute approximate surface area is 141 Å². The molecule has 1 rings (SSSR count). The maximum absolute atomic E-state index is 11.7. The first kappa shape index (κ1) is 20.0. The number of carbonyl (C=O) groups is 2. The number of rotatable bonds is 14. The second-order valence-electron chi connectivity index (χ2n) is 6.72. The Kier molecular flexibility index (Phi) is 11.6. The van der Waals surface area contributed by atoms with Crippen LogP contribution in [0.4, 0.5) is 0 Å². The second-order valence-corrected chi connectivity index (χ2v) is 6.72. The van der Waals surface area contributed by atoms with Gasteiger partial charge in [-0.25, -0.2) is 4.79 Å². The summed E-state index contributed by atoms with van der Waals surface area (Å²) in [6, 6.07) is -0.403. The van der Waals surface area contributed by atoms with Crippen molar-refractivity contribution in [1.29, 1.82) is 0 Å². The van der Waals surface area contributed by atoms with Gasteiger partial charge < -0.3 is 10.1 Å². The Morgan fingerprint density at radius 2 is 1.48 bits per heavy atom. The molecule has 23 heavy (non-hydrogen) atoms. The second kappa shape index (κ2) is 13.4. The summed E-state index contributed by atoms with van der Waals surface area (Å²) in [4.78, 5) is 22.7. The maximum atomic E-state index is 11.7. The SMILES string of the molecule is CCCCCCCCCCCCCCOC(=O)[C@@H]1CCC(=O)N1. The molecule has 0 spiro atoms. The van der Waals surface area contributed by atoms with Gasteiger partial charge >= 0.3 is 5.97 Å². The van der Waals surface area contributed by atoms with Gasteiger partial charge in [-0.05, 0) is 12.8 Å². The van der Waals surface area contributed by atoms with E-state index in [1.165, 1.54) is 64.2 Å². The van der Waals surface area contributed by atoms with Crippen LogP contribution in [-0.2, 0) is 14.3 Å². The van der Waals surface area contributed by atoms with Gasteiger partial charge in [0.15, 0.2) is 0 Å². The molecule has 0 bridgehead atoms. The first-order valence-corrected chi connectivity index (χ1v) is 9.70. The van der Waals surface area contributed by atoms with E-state index in [2.05, 4.69) is 12.2 Å². The fourth-order valence-corrected chi connectivity index (χ4v) is 3.01. The molecule has 0 aromatic carbocycles. The van der Waals surface area contributed by atoms with Crippen molar-refractivity contribution < 1.29 is 14.3 Å². The zero-order valence-corrected chi connectivity index (χ0v) is 14.9. The van der Waals surface area contributed by atoms with E-state index in [1.54, 1.807) is 0 Å². The number of unbranched alkanes of at least 4 members (excludes halogenated alkanes) is 11. The molecule has 0 radical (unpaired) electrons. The Morgan fingerprint density at radius 3 is 1.96 bits per heavy atom. The topological polar surface area (TPSA) is 55.4 Å². The molecule has 4 heteroatoms. The van der Waals surface area contributed by atoms with Crippen LogP contribution in [0.5, 0.6) is 0 Å². The van der Waals surface area contributed by atoms with Crippen LogP contribution in [0.1, 0.15) is 96.8 Å². The van der Waals surface area contributed by atoms with Crippen LogP contribution >= 0.6 is 0 Å². The molecule has 1 atom stereocenters. The van der Waals surface area contributed by atoms with Crippen molar-refractivity contribution in [1.82, 2.24) is 5.32 Å². The molecule has 0 saturated carbocycles. The van der Waals surface area contributed by atoms with Crippen molar-refractivity contribution in [2.45, 2.75) is 103 Å². The summed E-state index contributed by atoms with van der Waals surface area (Å²) in [6.45, 7) is 2.75. The maximum Gasteiger partial charge on any atom is 0.328 e. The van der Waals surface area contributed by atoms with Crippen molar-refractivity contribution in [2.24, 2.45) is 0 Å².